The highest BCUT2D eigenvalue weighted by Gasteiger charge is 1.93. The third-order valence-electron chi connectivity index (χ3n) is 3.55. The fourth-order valence-corrected chi connectivity index (χ4v) is 2.22. The van der Waals surface area contributed by atoms with Crippen LogP contribution in [-0.2, 0) is 9.47 Å². The fourth-order valence-electron chi connectivity index (χ4n) is 2.22. The standard InChI is InChI=1S/C18H37O2/c1-3-5-7-9-10-11-12-14-16-20-18-17-19-15-13-8-6-4-2/h1,3-18H2,2H3. The second kappa shape index (κ2) is 18.9. The molecule has 0 aliphatic heterocycles. The van der Waals surface area contributed by atoms with Gasteiger partial charge in [-0.3, -0.25) is 0 Å². The van der Waals surface area contributed by atoms with E-state index in [9.17, 15) is 0 Å². The first kappa shape index (κ1) is 19.9. The van der Waals surface area contributed by atoms with Crippen molar-refractivity contribution in [3.63, 3.8) is 0 Å². The van der Waals surface area contributed by atoms with Crippen LogP contribution in [0.25, 0.3) is 0 Å². The van der Waals surface area contributed by atoms with E-state index in [1.54, 1.807) is 0 Å². The predicted molar refractivity (Wildman–Crippen MR) is 88.1 cm³/mol. The summed E-state index contributed by atoms with van der Waals surface area (Å²) in [5.41, 5.74) is 0. The van der Waals surface area contributed by atoms with Crippen LogP contribution in [0.4, 0.5) is 0 Å². The minimum Gasteiger partial charge on any atom is -0.379 e. The lowest BCUT2D eigenvalue weighted by Crippen LogP contribution is -2.06. The predicted octanol–water partition coefficient (Wildman–Crippen LogP) is 5.55. The van der Waals surface area contributed by atoms with Crippen molar-refractivity contribution in [2.24, 2.45) is 0 Å². The Morgan fingerprint density at radius 3 is 1.50 bits per heavy atom. The van der Waals surface area contributed by atoms with Gasteiger partial charge in [-0.2, -0.15) is 0 Å². The average molecular weight is 285 g/mol. The third-order valence-corrected chi connectivity index (χ3v) is 3.55. The summed E-state index contributed by atoms with van der Waals surface area (Å²) in [7, 11) is 0. The Bertz CT molecular complexity index is 141. The lowest BCUT2D eigenvalue weighted by atomic mass is 10.1. The van der Waals surface area contributed by atoms with Crippen LogP contribution in [0.15, 0.2) is 0 Å². The van der Waals surface area contributed by atoms with Gasteiger partial charge >= 0.3 is 0 Å². The molecule has 0 unspecified atom stereocenters. The molecule has 0 heterocycles. The Hall–Kier alpha value is -0.0800. The zero-order valence-electron chi connectivity index (χ0n) is 13.8. The zero-order chi connectivity index (χ0) is 14.7. The summed E-state index contributed by atoms with van der Waals surface area (Å²) in [6.45, 7) is 9.42. The highest BCUT2D eigenvalue weighted by atomic mass is 16.5. The molecule has 0 aromatic carbocycles. The molecule has 2 heteroatoms. The summed E-state index contributed by atoms with van der Waals surface area (Å²) >= 11 is 0. The molecule has 121 valence electrons. The molecular weight excluding hydrogens is 248 g/mol. The fraction of sp³-hybridized carbons (Fsp3) is 0.944. The number of rotatable bonds is 17. The maximum atomic E-state index is 5.57. The number of hydrogen-bond donors (Lipinski definition) is 0. The van der Waals surface area contributed by atoms with E-state index in [2.05, 4.69) is 13.8 Å². The van der Waals surface area contributed by atoms with Crippen LogP contribution in [0.3, 0.4) is 0 Å². The van der Waals surface area contributed by atoms with E-state index in [1.165, 1.54) is 70.6 Å². The van der Waals surface area contributed by atoms with Crippen molar-refractivity contribution in [2.75, 3.05) is 26.4 Å². The van der Waals surface area contributed by atoms with E-state index >= 15 is 0 Å². The Morgan fingerprint density at radius 1 is 0.550 bits per heavy atom. The van der Waals surface area contributed by atoms with E-state index in [0.29, 0.717) is 0 Å². The van der Waals surface area contributed by atoms with Gasteiger partial charge in [-0.05, 0) is 12.8 Å². The molecule has 20 heavy (non-hydrogen) atoms. The van der Waals surface area contributed by atoms with Gasteiger partial charge in [0.2, 0.25) is 0 Å². The summed E-state index contributed by atoms with van der Waals surface area (Å²) in [5.74, 6) is 0. The van der Waals surface area contributed by atoms with Gasteiger partial charge in [-0.15, -0.1) is 0 Å². The van der Waals surface area contributed by atoms with E-state index < -0.39 is 0 Å². The molecular formula is C18H37O2. The topological polar surface area (TPSA) is 18.5 Å². The molecule has 0 amide bonds. The van der Waals surface area contributed by atoms with Gasteiger partial charge in [0.25, 0.3) is 0 Å². The summed E-state index contributed by atoms with van der Waals surface area (Å²) < 4.78 is 11.1. The van der Waals surface area contributed by atoms with Crippen LogP contribution in [-0.4, -0.2) is 26.4 Å². The minimum absolute atomic E-state index is 0.761. The maximum absolute atomic E-state index is 5.57. The van der Waals surface area contributed by atoms with Crippen molar-refractivity contribution in [1.82, 2.24) is 0 Å². The lowest BCUT2D eigenvalue weighted by Gasteiger charge is -2.06. The largest absolute Gasteiger partial charge is 0.379 e. The quantitative estimate of drug-likeness (QED) is 0.326. The van der Waals surface area contributed by atoms with E-state index in [4.69, 9.17) is 9.47 Å². The van der Waals surface area contributed by atoms with E-state index in [-0.39, 0.29) is 0 Å². The van der Waals surface area contributed by atoms with Crippen LogP contribution in [0.2, 0.25) is 0 Å². The van der Waals surface area contributed by atoms with Gasteiger partial charge in [-0.1, -0.05) is 78.1 Å². The van der Waals surface area contributed by atoms with E-state index in [0.717, 1.165) is 32.8 Å². The Labute approximate surface area is 127 Å². The number of unbranched alkanes of at least 4 members (excludes halogenated alkanes) is 10. The Balaban J connectivity index is 2.89. The van der Waals surface area contributed by atoms with Crippen molar-refractivity contribution in [3.05, 3.63) is 6.92 Å². The number of hydrogen-bond acceptors (Lipinski definition) is 2. The van der Waals surface area contributed by atoms with Gasteiger partial charge in [0.1, 0.15) is 0 Å². The normalized spacial score (nSPS) is 11.1. The summed E-state index contributed by atoms with van der Waals surface area (Å²) in [6.07, 6.45) is 15.5. The van der Waals surface area contributed by atoms with Crippen LogP contribution in [0.5, 0.6) is 0 Å². The van der Waals surface area contributed by atoms with Gasteiger partial charge < -0.3 is 9.47 Å². The second-order valence-electron chi connectivity index (χ2n) is 5.61. The molecule has 0 saturated carbocycles. The van der Waals surface area contributed by atoms with Crippen molar-refractivity contribution in [2.45, 2.75) is 84.0 Å². The third kappa shape index (κ3) is 17.9. The first-order valence-corrected chi connectivity index (χ1v) is 8.86. The van der Waals surface area contributed by atoms with Gasteiger partial charge in [0.05, 0.1) is 13.2 Å². The maximum Gasteiger partial charge on any atom is 0.0700 e. The van der Waals surface area contributed by atoms with Crippen LogP contribution in [0.1, 0.15) is 84.0 Å². The first-order chi connectivity index (χ1) is 9.91. The van der Waals surface area contributed by atoms with Crippen molar-refractivity contribution in [3.8, 4) is 0 Å². The number of ether oxygens (including phenoxy) is 2. The van der Waals surface area contributed by atoms with Crippen LogP contribution >= 0.6 is 0 Å². The summed E-state index contributed by atoms with van der Waals surface area (Å²) in [4.78, 5) is 0. The molecule has 0 aromatic heterocycles. The zero-order valence-corrected chi connectivity index (χ0v) is 13.8. The van der Waals surface area contributed by atoms with E-state index in [1.807, 2.05) is 0 Å². The SMILES string of the molecule is [CH2]CCCCCCCCCOCCOCCCCCC. The molecule has 0 rings (SSSR count). The molecule has 0 aliphatic carbocycles. The molecule has 2 nitrogen and oxygen atoms in total. The molecule has 0 saturated heterocycles. The van der Waals surface area contributed by atoms with Crippen LogP contribution in [0, 0.1) is 6.92 Å². The highest BCUT2D eigenvalue weighted by Crippen LogP contribution is 2.08. The highest BCUT2D eigenvalue weighted by molar-refractivity contribution is 4.47. The molecule has 0 atom stereocenters. The minimum atomic E-state index is 0.761. The van der Waals surface area contributed by atoms with Crippen molar-refractivity contribution in [1.29, 1.82) is 0 Å². The Morgan fingerprint density at radius 2 is 1.00 bits per heavy atom. The summed E-state index contributed by atoms with van der Waals surface area (Å²) in [6, 6.07) is 0. The monoisotopic (exact) mass is 285 g/mol. The summed E-state index contributed by atoms with van der Waals surface area (Å²) in [5, 5.41) is 0. The average Bonchev–Trinajstić information content (AvgIpc) is 2.47. The molecule has 0 aromatic rings. The van der Waals surface area contributed by atoms with Crippen LogP contribution < -0.4 is 0 Å². The first-order valence-electron chi connectivity index (χ1n) is 8.86. The van der Waals surface area contributed by atoms with Gasteiger partial charge in [-0.25, -0.2) is 0 Å². The smallest absolute Gasteiger partial charge is 0.0700 e. The molecule has 0 aliphatic rings. The molecule has 0 N–H and O–H groups in total. The van der Waals surface area contributed by atoms with Gasteiger partial charge in [0, 0.05) is 13.2 Å². The molecule has 0 bridgehead atoms. The molecule has 1 radical (unpaired) electrons. The second-order valence-corrected chi connectivity index (χ2v) is 5.61. The van der Waals surface area contributed by atoms with Gasteiger partial charge in [0.15, 0.2) is 0 Å². The molecule has 0 fully saturated rings. The molecule has 0 spiro atoms. The van der Waals surface area contributed by atoms with Crippen molar-refractivity contribution < 1.29 is 9.47 Å². The lowest BCUT2D eigenvalue weighted by molar-refractivity contribution is 0.0449. The Kier molecular flexibility index (Phi) is 18.8. The van der Waals surface area contributed by atoms with Crippen molar-refractivity contribution >= 4 is 0 Å².